The summed E-state index contributed by atoms with van der Waals surface area (Å²) in [5, 5.41) is 40.5. The summed E-state index contributed by atoms with van der Waals surface area (Å²) < 4.78 is 10.5. The van der Waals surface area contributed by atoms with Crippen LogP contribution in [0.15, 0.2) is 24.3 Å². The van der Waals surface area contributed by atoms with Crippen LogP contribution in [0.3, 0.4) is 0 Å². The molecule has 0 aromatic heterocycles. The van der Waals surface area contributed by atoms with Crippen molar-refractivity contribution in [3.8, 4) is 0 Å². The first kappa shape index (κ1) is 39.3. The smallest absolute Gasteiger partial charge is 0.306 e. The summed E-state index contributed by atoms with van der Waals surface area (Å²) in [7, 11) is 0. The number of unbranched alkanes of at least 4 members (excludes halogenated alkanes) is 11. The molecule has 1 rings (SSSR count). The predicted octanol–water partition coefficient (Wildman–Crippen LogP) is 6.33. The standard InChI is InChI=1S/C35H62O8/c1-3-5-7-8-9-10-11-12-17-21-34(40)42-27-29(26-36)43-35(41)22-18-14-13-16-20-30-31(33(39)25-32(30)38)24-23-28(37)19-15-6-4-2/h13,16,23-24,28-33,36-39H,3-12,14-15,17-22,25-27H2,1-2H3/b16-13+,24-23+/t28-,29-,30+,31+,32-,33+/m0/s1. The molecule has 8 heteroatoms. The molecule has 0 unspecified atom stereocenters. The molecule has 250 valence electrons. The zero-order chi connectivity index (χ0) is 31.7. The Balaban J connectivity index is 2.22. The third-order valence-electron chi connectivity index (χ3n) is 8.32. The Labute approximate surface area is 260 Å². The average Bonchev–Trinajstić information content (AvgIpc) is 3.26. The van der Waals surface area contributed by atoms with Crippen molar-refractivity contribution in [1.82, 2.24) is 0 Å². The van der Waals surface area contributed by atoms with Gasteiger partial charge in [0.05, 0.1) is 24.9 Å². The lowest BCUT2D eigenvalue weighted by Crippen LogP contribution is -2.28. The molecule has 0 aliphatic heterocycles. The summed E-state index contributed by atoms with van der Waals surface area (Å²) in [6.07, 6.45) is 21.9. The van der Waals surface area contributed by atoms with Crippen molar-refractivity contribution >= 4 is 11.9 Å². The van der Waals surface area contributed by atoms with Crippen LogP contribution in [0.5, 0.6) is 0 Å². The maximum atomic E-state index is 12.2. The van der Waals surface area contributed by atoms with Gasteiger partial charge in [0.15, 0.2) is 6.10 Å². The van der Waals surface area contributed by atoms with Gasteiger partial charge in [0.1, 0.15) is 6.61 Å². The number of rotatable bonds is 26. The molecule has 4 N–H and O–H groups in total. The summed E-state index contributed by atoms with van der Waals surface area (Å²) >= 11 is 0. The van der Waals surface area contributed by atoms with E-state index in [4.69, 9.17) is 9.47 Å². The van der Waals surface area contributed by atoms with Gasteiger partial charge in [-0.2, -0.15) is 0 Å². The van der Waals surface area contributed by atoms with Gasteiger partial charge in [-0.3, -0.25) is 9.59 Å². The van der Waals surface area contributed by atoms with Crippen molar-refractivity contribution < 1.29 is 39.5 Å². The van der Waals surface area contributed by atoms with Crippen LogP contribution in [0.4, 0.5) is 0 Å². The fourth-order valence-electron chi connectivity index (χ4n) is 5.60. The Bertz CT molecular complexity index is 767. The zero-order valence-corrected chi connectivity index (χ0v) is 27.0. The molecule has 6 atom stereocenters. The van der Waals surface area contributed by atoms with Gasteiger partial charge < -0.3 is 29.9 Å². The number of aliphatic hydroxyl groups is 4. The van der Waals surface area contributed by atoms with Gasteiger partial charge >= 0.3 is 11.9 Å². The van der Waals surface area contributed by atoms with Crippen molar-refractivity contribution in [1.29, 1.82) is 0 Å². The van der Waals surface area contributed by atoms with Crippen molar-refractivity contribution in [3.05, 3.63) is 24.3 Å². The lowest BCUT2D eigenvalue weighted by molar-refractivity contribution is -0.161. The number of ether oxygens (including phenoxy) is 2. The highest BCUT2D eigenvalue weighted by Crippen LogP contribution is 2.36. The first-order chi connectivity index (χ1) is 20.8. The number of esters is 2. The minimum atomic E-state index is -0.861. The molecule has 0 heterocycles. The third kappa shape index (κ3) is 19.3. The fourth-order valence-corrected chi connectivity index (χ4v) is 5.60. The van der Waals surface area contributed by atoms with Crippen LogP contribution in [-0.2, 0) is 19.1 Å². The SMILES string of the molecule is CCCCCCCCCCCC(=O)OC[C@H](CO)OC(=O)CCC/C=C/C[C@@H]1[C@@H](/C=C/[C@@H](O)CCCCC)[C@H](O)C[C@@H]1O. The van der Waals surface area contributed by atoms with E-state index >= 15 is 0 Å². The van der Waals surface area contributed by atoms with Crippen molar-refractivity contribution in [2.45, 2.75) is 160 Å². The maximum Gasteiger partial charge on any atom is 0.306 e. The van der Waals surface area contributed by atoms with Crippen molar-refractivity contribution in [3.63, 3.8) is 0 Å². The summed E-state index contributed by atoms with van der Waals surface area (Å²) in [4.78, 5) is 24.2. The highest BCUT2D eigenvalue weighted by atomic mass is 16.6. The van der Waals surface area contributed by atoms with E-state index in [1.807, 2.05) is 18.2 Å². The van der Waals surface area contributed by atoms with E-state index in [2.05, 4.69) is 13.8 Å². The van der Waals surface area contributed by atoms with Crippen LogP contribution in [0.1, 0.15) is 136 Å². The summed E-state index contributed by atoms with van der Waals surface area (Å²) in [5.74, 6) is -1.10. The lowest BCUT2D eigenvalue weighted by Gasteiger charge is -2.19. The minimum Gasteiger partial charge on any atom is -0.462 e. The van der Waals surface area contributed by atoms with E-state index in [9.17, 15) is 30.0 Å². The molecule has 1 saturated carbocycles. The number of hydrogen-bond acceptors (Lipinski definition) is 8. The first-order valence-corrected chi connectivity index (χ1v) is 17.2. The molecule has 0 aromatic rings. The molecule has 0 spiro atoms. The van der Waals surface area contributed by atoms with E-state index < -0.39 is 37.0 Å². The molecule has 43 heavy (non-hydrogen) atoms. The monoisotopic (exact) mass is 610 g/mol. The Hall–Kier alpha value is -1.74. The Morgan fingerprint density at radius 1 is 0.814 bits per heavy atom. The maximum absolute atomic E-state index is 12.2. The molecule has 0 amide bonds. The average molecular weight is 611 g/mol. The van der Waals surface area contributed by atoms with Crippen LogP contribution >= 0.6 is 0 Å². The lowest BCUT2D eigenvalue weighted by atomic mass is 9.89. The fraction of sp³-hybridized carbons (Fsp3) is 0.829. The summed E-state index contributed by atoms with van der Waals surface area (Å²) in [5.41, 5.74) is 0. The quantitative estimate of drug-likeness (QED) is 0.0508. The van der Waals surface area contributed by atoms with Crippen LogP contribution in [0.2, 0.25) is 0 Å². The van der Waals surface area contributed by atoms with Gasteiger partial charge in [-0.25, -0.2) is 0 Å². The van der Waals surface area contributed by atoms with E-state index in [-0.39, 0.29) is 30.8 Å². The molecule has 0 bridgehead atoms. The van der Waals surface area contributed by atoms with Gasteiger partial charge in [0, 0.05) is 25.2 Å². The Morgan fingerprint density at radius 2 is 1.44 bits per heavy atom. The van der Waals surface area contributed by atoms with Crippen molar-refractivity contribution in [2.75, 3.05) is 13.2 Å². The first-order valence-electron chi connectivity index (χ1n) is 17.2. The van der Waals surface area contributed by atoms with E-state index in [1.54, 1.807) is 6.08 Å². The normalized spacial score (nSPS) is 21.9. The van der Waals surface area contributed by atoms with Crippen LogP contribution in [-0.4, -0.2) is 70.0 Å². The van der Waals surface area contributed by atoms with Crippen LogP contribution < -0.4 is 0 Å². The second-order valence-electron chi connectivity index (χ2n) is 12.2. The molecule has 0 aromatic carbocycles. The zero-order valence-electron chi connectivity index (χ0n) is 27.0. The predicted molar refractivity (Wildman–Crippen MR) is 170 cm³/mol. The highest BCUT2D eigenvalue weighted by Gasteiger charge is 2.39. The molecule has 0 saturated heterocycles. The molecule has 1 aliphatic carbocycles. The molecule has 1 aliphatic rings. The summed E-state index contributed by atoms with van der Waals surface area (Å²) in [6, 6.07) is 0. The summed E-state index contributed by atoms with van der Waals surface area (Å²) in [6.45, 7) is 3.79. The molecular formula is C35H62O8. The van der Waals surface area contributed by atoms with Crippen LogP contribution in [0, 0.1) is 11.8 Å². The number of allylic oxidation sites excluding steroid dienone is 2. The molecule has 8 nitrogen and oxygen atoms in total. The van der Waals surface area contributed by atoms with Crippen LogP contribution in [0.25, 0.3) is 0 Å². The highest BCUT2D eigenvalue weighted by molar-refractivity contribution is 5.70. The van der Waals surface area contributed by atoms with Gasteiger partial charge in [-0.1, -0.05) is 109 Å². The number of carbonyl (C=O) groups excluding carboxylic acids is 2. The molecule has 0 radical (unpaired) electrons. The van der Waals surface area contributed by atoms with Gasteiger partial charge in [0.25, 0.3) is 0 Å². The van der Waals surface area contributed by atoms with E-state index in [0.29, 0.717) is 38.5 Å². The Morgan fingerprint density at radius 3 is 2.12 bits per heavy atom. The molecular weight excluding hydrogens is 548 g/mol. The van der Waals surface area contributed by atoms with E-state index in [1.165, 1.54) is 38.5 Å². The number of carbonyl (C=O) groups is 2. The van der Waals surface area contributed by atoms with Gasteiger partial charge in [-0.05, 0) is 38.0 Å². The second kappa shape index (κ2) is 25.6. The van der Waals surface area contributed by atoms with Gasteiger partial charge in [0.2, 0.25) is 0 Å². The van der Waals surface area contributed by atoms with Crippen molar-refractivity contribution in [2.24, 2.45) is 11.8 Å². The largest absolute Gasteiger partial charge is 0.462 e. The third-order valence-corrected chi connectivity index (χ3v) is 8.32. The Kier molecular flexibility index (Phi) is 23.4. The minimum absolute atomic E-state index is 0.122. The van der Waals surface area contributed by atoms with Gasteiger partial charge in [-0.15, -0.1) is 0 Å². The molecule has 1 fully saturated rings. The second-order valence-corrected chi connectivity index (χ2v) is 12.2. The number of aliphatic hydroxyl groups excluding tert-OH is 4. The van der Waals surface area contributed by atoms with E-state index in [0.717, 1.165) is 38.5 Å². The topological polar surface area (TPSA) is 134 Å². The number of hydrogen-bond donors (Lipinski definition) is 4.